The standard InChI is InChI=1S/C16H22FN/c1-11(2)13-5-14(7-15(17)6-13)12-3-4-16(8-12)9-18-10-16/h5-7,11-12,18H,3-4,8-10H2,1-2H3. The SMILES string of the molecule is CC(C)c1cc(F)cc(C2CCC3(CNC3)C2)c1. The highest BCUT2D eigenvalue weighted by Gasteiger charge is 2.43. The van der Waals surface area contributed by atoms with E-state index in [-0.39, 0.29) is 5.82 Å². The zero-order chi connectivity index (χ0) is 12.8. The van der Waals surface area contributed by atoms with Crippen LogP contribution in [0.15, 0.2) is 18.2 Å². The minimum Gasteiger partial charge on any atom is -0.316 e. The first-order valence-corrected chi connectivity index (χ1v) is 7.09. The zero-order valence-corrected chi connectivity index (χ0v) is 11.3. The van der Waals surface area contributed by atoms with Crippen LogP contribution in [0.25, 0.3) is 0 Å². The monoisotopic (exact) mass is 247 g/mol. The van der Waals surface area contributed by atoms with E-state index in [9.17, 15) is 4.39 Å². The van der Waals surface area contributed by atoms with Crippen molar-refractivity contribution in [3.8, 4) is 0 Å². The summed E-state index contributed by atoms with van der Waals surface area (Å²) in [5, 5.41) is 3.38. The molecule has 1 aromatic rings. The topological polar surface area (TPSA) is 12.0 Å². The second kappa shape index (κ2) is 4.34. The maximum atomic E-state index is 13.7. The molecule has 0 bridgehead atoms. The molecule has 18 heavy (non-hydrogen) atoms. The summed E-state index contributed by atoms with van der Waals surface area (Å²) in [6, 6.07) is 5.66. The van der Waals surface area contributed by atoms with Gasteiger partial charge in [0.05, 0.1) is 0 Å². The van der Waals surface area contributed by atoms with Gasteiger partial charge in [-0.15, -0.1) is 0 Å². The molecule has 1 saturated heterocycles. The largest absolute Gasteiger partial charge is 0.316 e. The van der Waals surface area contributed by atoms with Crippen molar-refractivity contribution in [2.45, 2.75) is 44.9 Å². The Morgan fingerprint density at radius 1 is 1.28 bits per heavy atom. The zero-order valence-electron chi connectivity index (χ0n) is 11.3. The lowest BCUT2D eigenvalue weighted by atomic mass is 9.78. The fourth-order valence-corrected chi connectivity index (χ4v) is 3.50. The van der Waals surface area contributed by atoms with Gasteiger partial charge in [-0.05, 0) is 59.8 Å². The van der Waals surface area contributed by atoms with Crippen LogP contribution in [0.4, 0.5) is 4.39 Å². The van der Waals surface area contributed by atoms with Crippen LogP contribution in [-0.2, 0) is 0 Å². The summed E-state index contributed by atoms with van der Waals surface area (Å²) in [4.78, 5) is 0. The van der Waals surface area contributed by atoms with Crippen molar-refractivity contribution in [3.05, 3.63) is 35.1 Å². The normalized spacial score (nSPS) is 25.7. The van der Waals surface area contributed by atoms with E-state index in [1.165, 1.54) is 24.8 Å². The Kier molecular flexibility index (Phi) is 2.93. The Labute approximate surface area is 109 Å². The third-order valence-corrected chi connectivity index (χ3v) is 4.78. The van der Waals surface area contributed by atoms with E-state index in [2.05, 4.69) is 25.2 Å². The Bertz CT molecular complexity index is 448. The molecule has 1 heterocycles. The van der Waals surface area contributed by atoms with Crippen LogP contribution in [0.1, 0.15) is 56.1 Å². The summed E-state index contributed by atoms with van der Waals surface area (Å²) in [6.45, 7) is 6.58. The van der Waals surface area contributed by atoms with Gasteiger partial charge >= 0.3 is 0 Å². The van der Waals surface area contributed by atoms with Gasteiger partial charge in [-0.1, -0.05) is 19.9 Å². The summed E-state index contributed by atoms with van der Waals surface area (Å²) < 4.78 is 13.7. The van der Waals surface area contributed by atoms with Gasteiger partial charge < -0.3 is 5.32 Å². The van der Waals surface area contributed by atoms with Crippen LogP contribution in [0, 0.1) is 11.2 Å². The first-order valence-electron chi connectivity index (χ1n) is 7.09. The average Bonchev–Trinajstić information content (AvgIpc) is 2.72. The second-order valence-electron chi connectivity index (χ2n) is 6.52. The van der Waals surface area contributed by atoms with Crippen LogP contribution in [0.2, 0.25) is 0 Å². The van der Waals surface area contributed by atoms with Crippen molar-refractivity contribution in [1.82, 2.24) is 5.32 Å². The molecule has 0 radical (unpaired) electrons. The third-order valence-electron chi connectivity index (χ3n) is 4.78. The van der Waals surface area contributed by atoms with E-state index >= 15 is 0 Å². The summed E-state index contributed by atoms with van der Waals surface area (Å²) in [5.41, 5.74) is 2.90. The van der Waals surface area contributed by atoms with Gasteiger partial charge in [0.2, 0.25) is 0 Å². The van der Waals surface area contributed by atoms with Crippen molar-refractivity contribution in [3.63, 3.8) is 0 Å². The van der Waals surface area contributed by atoms with Crippen LogP contribution in [0.3, 0.4) is 0 Å². The second-order valence-corrected chi connectivity index (χ2v) is 6.52. The smallest absolute Gasteiger partial charge is 0.123 e. The molecule has 0 aromatic heterocycles. The Morgan fingerprint density at radius 3 is 2.61 bits per heavy atom. The molecule has 1 aromatic carbocycles. The van der Waals surface area contributed by atoms with E-state index in [4.69, 9.17) is 0 Å². The molecule has 0 amide bonds. The van der Waals surface area contributed by atoms with Gasteiger partial charge in [0, 0.05) is 13.1 Å². The van der Waals surface area contributed by atoms with Gasteiger partial charge in [0.25, 0.3) is 0 Å². The van der Waals surface area contributed by atoms with Gasteiger partial charge in [0.1, 0.15) is 5.82 Å². The first-order chi connectivity index (χ1) is 8.58. The number of halogens is 1. The van der Waals surface area contributed by atoms with E-state index < -0.39 is 0 Å². The molecule has 2 aliphatic rings. The maximum Gasteiger partial charge on any atom is 0.123 e. The lowest BCUT2D eigenvalue weighted by molar-refractivity contribution is 0.175. The fraction of sp³-hybridized carbons (Fsp3) is 0.625. The van der Waals surface area contributed by atoms with Crippen molar-refractivity contribution in [2.24, 2.45) is 5.41 Å². The quantitative estimate of drug-likeness (QED) is 0.838. The molecular formula is C16H22FN. The maximum absolute atomic E-state index is 13.7. The van der Waals surface area contributed by atoms with Crippen LogP contribution in [-0.4, -0.2) is 13.1 Å². The fourth-order valence-electron chi connectivity index (χ4n) is 3.50. The molecule has 1 unspecified atom stereocenters. The van der Waals surface area contributed by atoms with E-state index in [0.717, 1.165) is 18.7 Å². The Hall–Kier alpha value is -0.890. The van der Waals surface area contributed by atoms with E-state index in [1.807, 2.05) is 0 Å². The number of hydrogen-bond donors (Lipinski definition) is 1. The van der Waals surface area contributed by atoms with Gasteiger partial charge in [-0.3, -0.25) is 0 Å². The van der Waals surface area contributed by atoms with Crippen LogP contribution in [0.5, 0.6) is 0 Å². The van der Waals surface area contributed by atoms with E-state index in [1.54, 1.807) is 12.1 Å². The molecular weight excluding hydrogens is 225 g/mol. The molecule has 1 N–H and O–H groups in total. The van der Waals surface area contributed by atoms with Crippen LogP contribution >= 0.6 is 0 Å². The Morgan fingerprint density at radius 2 is 2.06 bits per heavy atom. The molecule has 1 spiro atoms. The highest BCUT2D eigenvalue weighted by atomic mass is 19.1. The molecule has 3 rings (SSSR count). The molecule has 2 fully saturated rings. The number of nitrogens with one attached hydrogen (secondary N) is 1. The summed E-state index contributed by atoms with van der Waals surface area (Å²) >= 11 is 0. The highest BCUT2D eigenvalue weighted by Crippen LogP contribution is 2.49. The van der Waals surface area contributed by atoms with Crippen molar-refractivity contribution >= 4 is 0 Å². The summed E-state index contributed by atoms with van der Waals surface area (Å²) in [7, 11) is 0. The Balaban J connectivity index is 1.84. The van der Waals surface area contributed by atoms with Crippen molar-refractivity contribution < 1.29 is 4.39 Å². The van der Waals surface area contributed by atoms with Gasteiger partial charge in [-0.2, -0.15) is 0 Å². The minimum absolute atomic E-state index is 0.0658. The number of hydrogen-bond acceptors (Lipinski definition) is 1. The molecule has 2 heteroatoms. The third kappa shape index (κ3) is 2.07. The molecule has 1 saturated carbocycles. The number of benzene rings is 1. The van der Waals surface area contributed by atoms with Gasteiger partial charge in [0.15, 0.2) is 0 Å². The van der Waals surface area contributed by atoms with Crippen molar-refractivity contribution in [1.29, 1.82) is 0 Å². The first kappa shape index (κ1) is 12.2. The summed E-state index contributed by atoms with van der Waals surface area (Å²) in [6.07, 6.45) is 3.77. The van der Waals surface area contributed by atoms with Crippen LogP contribution < -0.4 is 5.32 Å². The lowest BCUT2D eigenvalue weighted by Gasteiger charge is -2.39. The predicted octanol–water partition coefficient (Wildman–Crippen LogP) is 3.81. The molecule has 1 atom stereocenters. The van der Waals surface area contributed by atoms with Crippen molar-refractivity contribution in [2.75, 3.05) is 13.1 Å². The summed E-state index contributed by atoms with van der Waals surface area (Å²) in [5.74, 6) is 0.907. The molecule has 1 nitrogen and oxygen atoms in total. The predicted molar refractivity (Wildman–Crippen MR) is 72.4 cm³/mol. The van der Waals surface area contributed by atoms with Gasteiger partial charge in [-0.25, -0.2) is 4.39 Å². The molecule has 98 valence electrons. The van der Waals surface area contributed by atoms with E-state index in [0.29, 0.717) is 17.3 Å². The number of rotatable bonds is 2. The minimum atomic E-state index is -0.0658. The lowest BCUT2D eigenvalue weighted by Crippen LogP contribution is -2.51. The molecule has 1 aliphatic heterocycles. The average molecular weight is 247 g/mol. The highest BCUT2D eigenvalue weighted by molar-refractivity contribution is 5.30. The molecule has 1 aliphatic carbocycles.